The van der Waals surface area contributed by atoms with Crippen LogP contribution in [0.2, 0.25) is 0 Å². The quantitative estimate of drug-likeness (QED) is 0.557. The molecule has 2 aliphatic heterocycles. The van der Waals surface area contributed by atoms with Crippen LogP contribution in [0.15, 0.2) is 46.8 Å². The zero-order chi connectivity index (χ0) is 19.1. The van der Waals surface area contributed by atoms with Crippen molar-refractivity contribution < 1.29 is 9.53 Å². The number of ether oxygens (including phenoxy) is 1. The van der Waals surface area contributed by atoms with Gasteiger partial charge in [0, 0.05) is 44.7 Å². The minimum atomic E-state index is -0.208. The first-order valence-electron chi connectivity index (χ1n) is 8.91. The number of carbonyl (C=O) groups excluding carboxylic acids is 1. The van der Waals surface area contributed by atoms with Gasteiger partial charge in [0.25, 0.3) is 5.91 Å². The van der Waals surface area contributed by atoms with Crippen LogP contribution in [0, 0.1) is 11.3 Å². The number of amidine groups is 1. The van der Waals surface area contributed by atoms with E-state index in [9.17, 15) is 4.79 Å². The number of benzene rings is 1. The normalized spacial score (nSPS) is 19.1. The van der Waals surface area contributed by atoms with E-state index in [-0.39, 0.29) is 5.91 Å². The third-order valence-corrected chi connectivity index (χ3v) is 5.40. The number of thioether (sulfide) groups is 1. The summed E-state index contributed by atoms with van der Waals surface area (Å²) in [5.74, 6) is 0.512. The molecule has 2 aliphatic rings. The fourth-order valence-electron chi connectivity index (χ4n) is 2.93. The second-order valence-corrected chi connectivity index (χ2v) is 7.19. The third kappa shape index (κ3) is 5.00. The zero-order valence-electron chi connectivity index (χ0n) is 15.1. The molecule has 1 saturated heterocycles. The number of carbonyl (C=O) groups is 1. The van der Waals surface area contributed by atoms with E-state index in [1.165, 1.54) is 11.8 Å². The molecule has 1 aromatic rings. The van der Waals surface area contributed by atoms with Crippen LogP contribution >= 0.6 is 11.8 Å². The summed E-state index contributed by atoms with van der Waals surface area (Å²) in [7, 11) is 0. The molecular weight excluding hydrogens is 360 g/mol. The van der Waals surface area contributed by atoms with E-state index in [4.69, 9.17) is 10.00 Å². The number of nitrogens with zero attached hydrogens (tertiary/aromatic N) is 4. The van der Waals surface area contributed by atoms with Crippen LogP contribution in [-0.2, 0) is 4.79 Å². The van der Waals surface area contributed by atoms with Gasteiger partial charge in [0.1, 0.15) is 12.4 Å². The van der Waals surface area contributed by atoms with Crippen molar-refractivity contribution in [2.75, 3.05) is 39.3 Å². The summed E-state index contributed by atoms with van der Waals surface area (Å²) in [6.45, 7) is 8.28. The summed E-state index contributed by atoms with van der Waals surface area (Å²) in [4.78, 5) is 21.6. The zero-order valence-corrected chi connectivity index (χ0v) is 16.0. The number of amides is 1. The number of aliphatic imine (C=N–C) groups is 1. The molecule has 1 fully saturated rings. The van der Waals surface area contributed by atoms with E-state index < -0.39 is 0 Å². The summed E-state index contributed by atoms with van der Waals surface area (Å²) < 4.78 is 5.66. The Kier molecular flexibility index (Phi) is 6.69. The molecule has 0 unspecified atom stereocenters. The Labute approximate surface area is 163 Å². The van der Waals surface area contributed by atoms with Crippen LogP contribution in [0.5, 0.6) is 5.75 Å². The highest BCUT2D eigenvalue weighted by molar-refractivity contribution is 8.18. The van der Waals surface area contributed by atoms with Gasteiger partial charge >= 0.3 is 0 Å². The second kappa shape index (κ2) is 9.40. The lowest BCUT2D eigenvalue weighted by Crippen LogP contribution is -2.47. The average molecular weight is 382 g/mol. The molecule has 140 valence electrons. The monoisotopic (exact) mass is 382 g/mol. The lowest BCUT2D eigenvalue weighted by atomic mass is 10.2. The van der Waals surface area contributed by atoms with E-state index in [1.807, 2.05) is 30.3 Å². The van der Waals surface area contributed by atoms with Crippen LogP contribution in [-0.4, -0.2) is 60.2 Å². The highest BCUT2D eigenvalue weighted by Gasteiger charge is 2.28. The SMILES string of the molecule is C=CCOc1ccccc1C=C1SC(N2CCN(CCC#N)CC2)=NC1=O. The smallest absolute Gasteiger partial charge is 0.286 e. The lowest BCUT2D eigenvalue weighted by molar-refractivity contribution is -0.113. The molecule has 0 bridgehead atoms. The highest BCUT2D eigenvalue weighted by atomic mass is 32.2. The summed E-state index contributed by atoms with van der Waals surface area (Å²) >= 11 is 1.41. The molecule has 7 heteroatoms. The first-order valence-corrected chi connectivity index (χ1v) is 9.72. The summed E-state index contributed by atoms with van der Waals surface area (Å²) in [5.41, 5.74) is 0.855. The molecule has 0 aromatic heterocycles. The molecule has 1 amide bonds. The lowest BCUT2D eigenvalue weighted by Gasteiger charge is -2.34. The first kappa shape index (κ1) is 19.2. The predicted molar refractivity (Wildman–Crippen MR) is 108 cm³/mol. The van der Waals surface area contributed by atoms with E-state index in [0.29, 0.717) is 17.9 Å². The van der Waals surface area contributed by atoms with Crippen molar-refractivity contribution in [3.05, 3.63) is 47.4 Å². The van der Waals surface area contributed by atoms with Crippen molar-refractivity contribution in [2.24, 2.45) is 4.99 Å². The van der Waals surface area contributed by atoms with E-state index in [2.05, 4.69) is 27.4 Å². The Hall–Kier alpha value is -2.56. The molecule has 3 rings (SSSR count). The first-order chi connectivity index (χ1) is 13.2. The standard InChI is InChI=1S/C20H22N4O2S/c1-2-14-26-17-7-4-3-6-16(17)15-18-19(25)22-20(27-18)24-12-10-23(11-13-24)9-5-8-21/h2-4,6-7,15H,1,5,9-14H2. The Balaban J connectivity index is 1.64. The molecular formula is C20H22N4O2S. The van der Waals surface area contributed by atoms with Crippen LogP contribution in [0.3, 0.4) is 0 Å². The largest absolute Gasteiger partial charge is 0.489 e. The maximum atomic E-state index is 12.4. The Morgan fingerprint density at radius 1 is 1.30 bits per heavy atom. The van der Waals surface area contributed by atoms with Gasteiger partial charge in [-0.05, 0) is 23.9 Å². The minimum absolute atomic E-state index is 0.208. The van der Waals surface area contributed by atoms with Crippen LogP contribution in [0.4, 0.5) is 0 Å². The van der Waals surface area contributed by atoms with E-state index >= 15 is 0 Å². The van der Waals surface area contributed by atoms with Gasteiger partial charge in [0.2, 0.25) is 0 Å². The van der Waals surface area contributed by atoms with E-state index in [1.54, 1.807) is 6.08 Å². The van der Waals surface area contributed by atoms with Gasteiger partial charge in [-0.1, -0.05) is 30.9 Å². The maximum Gasteiger partial charge on any atom is 0.286 e. The molecule has 0 spiro atoms. The van der Waals surface area contributed by atoms with Gasteiger partial charge in [-0.25, -0.2) is 0 Å². The molecule has 27 heavy (non-hydrogen) atoms. The topological polar surface area (TPSA) is 68.9 Å². The van der Waals surface area contributed by atoms with Crippen molar-refractivity contribution >= 4 is 28.9 Å². The minimum Gasteiger partial charge on any atom is -0.489 e. The molecule has 1 aromatic carbocycles. The summed E-state index contributed by atoms with van der Waals surface area (Å²) in [6, 6.07) is 9.80. The second-order valence-electron chi connectivity index (χ2n) is 6.18. The Bertz CT molecular complexity index is 804. The van der Waals surface area contributed by atoms with Crippen LogP contribution < -0.4 is 4.74 Å². The Morgan fingerprint density at radius 3 is 2.81 bits per heavy atom. The third-order valence-electron chi connectivity index (χ3n) is 4.35. The van der Waals surface area contributed by atoms with Gasteiger partial charge in [-0.2, -0.15) is 10.3 Å². The van der Waals surface area contributed by atoms with Crippen molar-refractivity contribution in [1.82, 2.24) is 9.80 Å². The predicted octanol–water partition coefficient (Wildman–Crippen LogP) is 2.75. The van der Waals surface area contributed by atoms with Crippen molar-refractivity contribution in [3.8, 4) is 11.8 Å². The molecule has 2 heterocycles. The van der Waals surface area contributed by atoms with Gasteiger partial charge < -0.3 is 9.64 Å². The van der Waals surface area contributed by atoms with Crippen LogP contribution in [0.25, 0.3) is 6.08 Å². The molecule has 6 nitrogen and oxygen atoms in total. The van der Waals surface area contributed by atoms with Crippen molar-refractivity contribution in [1.29, 1.82) is 5.26 Å². The molecule has 0 radical (unpaired) electrons. The molecule has 0 aliphatic carbocycles. The summed E-state index contributed by atoms with van der Waals surface area (Å²) in [6.07, 6.45) is 4.08. The van der Waals surface area contributed by atoms with E-state index in [0.717, 1.165) is 49.2 Å². The van der Waals surface area contributed by atoms with Gasteiger partial charge in [0.15, 0.2) is 5.17 Å². The fraction of sp³-hybridized carbons (Fsp3) is 0.350. The molecule has 0 saturated carbocycles. The molecule has 0 atom stereocenters. The van der Waals surface area contributed by atoms with Crippen molar-refractivity contribution in [3.63, 3.8) is 0 Å². The van der Waals surface area contributed by atoms with Crippen LogP contribution in [0.1, 0.15) is 12.0 Å². The number of hydrogen-bond acceptors (Lipinski definition) is 6. The molecule has 0 N–H and O–H groups in total. The Morgan fingerprint density at radius 2 is 2.07 bits per heavy atom. The van der Waals surface area contributed by atoms with Gasteiger partial charge in [-0.3, -0.25) is 9.69 Å². The fourth-order valence-corrected chi connectivity index (χ4v) is 3.88. The number of hydrogen-bond donors (Lipinski definition) is 0. The number of rotatable bonds is 6. The maximum absolute atomic E-state index is 12.4. The number of piperazine rings is 1. The average Bonchev–Trinajstić information content (AvgIpc) is 3.06. The van der Waals surface area contributed by atoms with Gasteiger partial charge in [0.05, 0.1) is 11.0 Å². The van der Waals surface area contributed by atoms with Crippen molar-refractivity contribution in [2.45, 2.75) is 6.42 Å². The number of nitriles is 1. The highest BCUT2D eigenvalue weighted by Crippen LogP contribution is 2.32. The summed E-state index contributed by atoms with van der Waals surface area (Å²) in [5, 5.41) is 9.46. The van der Waals surface area contributed by atoms with Gasteiger partial charge in [-0.15, -0.1) is 0 Å². The number of para-hydroxylation sites is 1.